The molecule has 3 heteroatoms. The fourth-order valence-electron chi connectivity index (χ4n) is 16.3. The number of nitrogens with zero attached hydrogens (tertiary/aromatic N) is 1. The highest BCUT2D eigenvalue weighted by Gasteiger charge is 2.40. The summed E-state index contributed by atoms with van der Waals surface area (Å²) in [5.74, 6) is 0. The molecule has 0 heterocycles. The molecule has 0 amide bonds. The van der Waals surface area contributed by atoms with Crippen LogP contribution in [0.25, 0.3) is 89.0 Å². The predicted octanol–water partition coefficient (Wildman–Crippen LogP) is 27.5. The molecule has 4 aliphatic carbocycles. The molecule has 0 atom stereocenters. The summed E-state index contributed by atoms with van der Waals surface area (Å²) in [7, 11) is 0. The average molecular weight is 1310 g/mol. The summed E-state index contributed by atoms with van der Waals surface area (Å²) >= 11 is 6.22. The highest BCUT2D eigenvalue weighted by atomic mass is 35.5. The minimum Gasteiger partial charge on any atom is -0.356 e. The second-order valence-corrected chi connectivity index (χ2v) is 29.5. The van der Waals surface area contributed by atoms with Crippen LogP contribution in [0.5, 0.6) is 0 Å². The molecular formula is C97H83ClN2. The van der Waals surface area contributed by atoms with Crippen LogP contribution in [0, 0.1) is 0 Å². The van der Waals surface area contributed by atoms with Gasteiger partial charge < -0.3 is 10.2 Å². The Morgan fingerprint density at radius 3 is 1.01 bits per heavy atom. The number of hydrogen-bond donors (Lipinski definition) is 1. The lowest BCUT2D eigenvalue weighted by molar-refractivity contribution is 0.660. The number of hydrogen-bond acceptors (Lipinski definition) is 2. The van der Waals surface area contributed by atoms with Crippen LogP contribution < -0.4 is 10.2 Å². The second-order valence-electron chi connectivity index (χ2n) is 29.1. The Bertz CT molecular complexity index is 5370. The van der Waals surface area contributed by atoms with Gasteiger partial charge in [-0.05, 0) is 218 Å². The molecule has 2 nitrogen and oxygen atoms in total. The maximum absolute atomic E-state index is 6.22. The van der Waals surface area contributed by atoms with Gasteiger partial charge in [0.15, 0.2) is 0 Å². The molecule has 0 aliphatic heterocycles. The van der Waals surface area contributed by atoms with E-state index in [2.05, 4.69) is 381 Å². The van der Waals surface area contributed by atoms with Crippen LogP contribution in [0.2, 0.25) is 5.02 Å². The van der Waals surface area contributed by atoms with E-state index in [1.165, 1.54) is 145 Å². The van der Waals surface area contributed by atoms with E-state index in [1.54, 1.807) is 0 Å². The molecule has 488 valence electrons. The highest BCUT2D eigenvalue weighted by Crippen LogP contribution is 2.56. The van der Waals surface area contributed by atoms with Crippen molar-refractivity contribution in [1.29, 1.82) is 0 Å². The van der Waals surface area contributed by atoms with Crippen LogP contribution >= 0.6 is 11.6 Å². The summed E-state index contributed by atoms with van der Waals surface area (Å²) in [5.41, 5.74) is 37.2. The van der Waals surface area contributed by atoms with Crippen molar-refractivity contribution in [2.75, 3.05) is 10.2 Å². The van der Waals surface area contributed by atoms with E-state index >= 15 is 0 Å². The van der Waals surface area contributed by atoms with Gasteiger partial charge in [-0.3, -0.25) is 0 Å². The Labute approximate surface area is 597 Å². The maximum atomic E-state index is 6.22. The van der Waals surface area contributed by atoms with Crippen LogP contribution in [-0.4, -0.2) is 0 Å². The molecule has 0 saturated carbocycles. The number of benzene rings is 14. The van der Waals surface area contributed by atoms with Crippen LogP contribution in [-0.2, 0) is 21.7 Å². The molecule has 14 aromatic rings. The van der Waals surface area contributed by atoms with Crippen molar-refractivity contribution in [2.24, 2.45) is 0 Å². The fourth-order valence-corrected chi connectivity index (χ4v) is 16.4. The lowest BCUT2D eigenvalue weighted by Gasteiger charge is -2.29. The zero-order valence-corrected chi connectivity index (χ0v) is 58.3. The fraction of sp³-hybridized carbons (Fsp3) is 0.134. The molecule has 0 unspecified atom stereocenters. The Morgan fingerprint density at radius 2 is 0.520 bits per heavy atom. The molecule has 14 aromatic carbocycles. The molecule has 100 heavy (non-hydrogen) atoms. The third-order valence-corrected chi connectivity index (χ3v) is 21.9. The first-order valence-electron chi connectivity index (χ1n) is 34.7. The van der Waals surface area contributed by atoms with Gasteiger partial charge in [-0.2, -0.15) is 0 Å². The van der Waals surface area contributed by atoms with E-state index in [1.807, 2.05) is 12.1 Å². The van der Waals surface area contributed by atoms with Crippen molar-refractivity contribution < 1.29 is 0 Å². The molecule has 0 spiro atoms. The summed E-state index contributed by atoms with van der Waals surface area (Å²) in [6, 6.07) is 119. The number of nitrogens with one attached hydrogen (secondary N) is 1. The van der Waals surface area contributed by atoms with E-state index in [0.29, 0.717) is 0 Å². The van der Waals surface area contributed by atoms with Gasteiger partial charge in [-0.1, -0.05) is 317 Å². The molecule has 0 radical (unpaired) electrons. The van der Waals surface area contributed by atoms with Crippen molar-refractivity contribution in [2.45, 2.75) is 84.5 Å². The number of fused-ring (bicyclic) bond motifs is 12. The zero-order valence-electron chi connectivity index (χ0n) is 57.5. The topological polar surface area (TPSA) is 15.3 Å². The van der Waals surface area contributed by atoms with E-state index in [0.717, 1.165) is 22.1 Å². The largest absolute Gasteiger partial charge is 0.356 e. The van der Waals surface area contributed by atoms with Gasteiger partial charge in [0.05, 0.1) is 0 Å². The van der Waals surface area contributed by atoms with Crippen LogP contribution in [0.3, 0.4) is 0 Å². The van der Waals surface area contributed by atoms with Gasteiger partial charge in [0, 0.05) is 55.1 Å². The van der Waals surface area contributed by atoms with E-state index < -0.39 is 0 Å². The van der Waals surface area contributed by atoms with Gasteiger partial charge in [-0.15, -0.1) is 0 Å². The SMILES string of the molecule is C.CC1(C)c2cc(Cl)ccc2-c2ccc(-c3ccccc3)cc21.CC1(C)c2ccccc2-c2cc(N(c3ccc(-c4ccccc4)cc3)c3ccc4c(c3)C(C)(C)c3cc(-c5ccccc5)ccc3-4)ccc21.CC1(C)c2ccccc2-c2cc(Nc3ccc(-c4ccccc4)cc3)ccc21. The van der Waals surface area contributed by atoms with Gasteiger partial charge >= 0.3 is 0 Å². The first kappa shape index (κ1) is 64.9. The number of halogens is 1. The lowest BCUT2D eigenvalue weighted by atomic mass is 9.81. The monoisotopic (exact) mass is 1310 g/mol. The van der Waals surface area contributed by atoms with Crippen LogP contribution in [0.15, 0.2) is 328 Å². The summed E-state index contributed by atoms with van der Waals surface area (Å²) in [4.78, 5) is 2.44. The van der Waals surface area contributed by atoms with Gasteiger partial charge in [-0.25, -0.2) is 0 Å². The Hall–Kier alpha value is -11.0. The third kappa shape index (κ3) is 11.4. The van der Waals surface area contributed by atoms with Gasteiger partial charge in [0.25, 0.3) is 0 Å². The Kier molecular flexibility index (Phi) is 16.7. The van der Waals surface area contributed by atoms with E-state index in [9.17, 15) is 0 Å². The molecule has 18 rings (SSSR count). The Balaban J connectivity index is 0.000000134. The summed E-state index contributed by atoms with van der Waals surface area (Å²) in [5, 5.41) is 4.38. The molecule has 1 N–H and O–H groups in total. The summed E-state index contributed by atoms with van der Waals surface area (Å²) < 4.78 is 0. The van der Waals surface area contributed by atoms with Crippen molar-refractivity contribution in [3.8, 4) is 89.0 Å². The predicted molar refractivity (Wildman–Crippen MR) is 427 cm³/mol. The average Bonchev–Trinajstić information content (AvgIpc) is 1.59. The van der Waals surface area contributed by atoms with E-state index in [-0.39, 0.29) is 29.1 Å². The van der Waals surface area contributed by atoms with Crippen LogP contribution in [0.1, 0.15) is 107 Å². The smallest absolute Gasteiger partial charge is 0.0468 e. The quantitative estimate of drug-likeness (QED) is 0.155. The lowest BCUT2D eigenvalue weighted by Crippen LogP contribution is -2.17. The van der Waals surface area contributed by atoms with Crippen LogP contribution in [0.4, 0.5) is 28.4 Å². The molecular weight excluding hydrogens is 1230 g/mol. The number of anilines is 5. The summed E-state index contributed by atoms with van der Waals surface area (Å²) in [6.45, 7) is 18.6. The first-order chi connectivity index (χ1) is 48.0. The maximum Gasteiger partial charge on any atom is 0.0468 e. The first-order valence-corrected chi connectivity index (χ1v) is 35.1. The van der Waals surface area contributed by atoms with Crippen molar-refractivity contribution in [1.82, 2.24) is 0 Å². The third-order valence-electron chi connectivity index (χ3n) is 21.7. The van der Waals surface area contributed by atoms with Crippen molar-refractivity contribution in [3.05, 3.63) is 377 Å². The Morgan fingerprint density at radius 1 is 0.220 bits per heavy atom. The summed E-state index contributed by atoms with van der Waals surface area (Å²) in [6.07, 6.45) is 0. The molecule has 0 aromatic heterocycles. The minimum atomic E-state index is -0.144. The van der Waals surface area contributed by atoms with Gasteiger partial charge in [0.1, 0.15) is 0 Å². The standard InChI is InChI=1S/C48H39N.C27H23N.C21H17Cl.CH4/c1-47(2)43-18-12-11-17-39(43)42-30-37(25-28-44(42)47)49(36-22-19-34(20-23-36)32-13-7-5-8-14-32)38-24-27-41-40-26-21-35(33-15-9-6-10-16-33)29-45(40)48(3,4)46(41)31-38;1-27(2)25-11-7-6-10-23(25)24-18-22(16-17-26(24)27)28-21-14-12-20(13-15-21)19-8-4-3-5-9-19;1-21(2)19-12-15(14-6-4-3-5-7-14)8-10-17(19)18-11-9-16(22)13-20(18)21;/h5-31H,1-4H3;3-18,28H,1-2H3;3-13H,1-2H3;1H4. The minimum absolute atomic E-state index is 0. The normalized spacial score (nSPS) is 14.1. The second kappa shape index (κ2) is 25.7. The highest BCUT2D eigenvalue weighted by molar-refractivity contribution is 6.30. The molecule has 0 bridgehead atoms. The zero-order chi connectivity index (χ0) is 67.8. The molecule has 0 saturated heterocycles. The van der Waals surface area contributed by atoms with Crippen molar-refractivity contribution in [3.63, 3.8) is 0 Å². The molecule has 4 aliphatic rings. The number of rotatable bonds is 9. The van der Waals surface area contributed by atoms with E-state index in [4.69, 9.17) is 11.6 Å². The van der Waals surface area contributed by atoms with Crippen molar-refractivity contribution >= 4 is 40.0 Å². The van der Waals surface area contributed by atoms with Gasteiger partial charge in [0.2, 0.25) is 0 Å². The molecule has 0 fully saturated rings.